The summed E-state index contributed by atoms with van der Waals surface area (Å²) in [5.41, 5.74) is 1.72. The summed E-state index contributed by atoms with van der Waals surface area (Å²) in [6.07, 6.45) is 4.14. The first-order valence-corrected chi connectivity index (χ1v) is 11.6. The van der Waals surface area contributed by atoms with Crippen molar-refractivity contribution in [1.82, 2.24) is 9.88 Å². The zero-order valence-corrected chi connectivity index (χ0v) is 17.8. The van der Waals surface area contributed by atoms with Gasteiger partial charge < -0.3 is 14.4 Å². The Labute approximate surface area is 180 Å². The van der Waals surface area contributed by atoms with Gasteiger partial charge in [0.1, 0.15) is 12.4 Å². The summed E-state index contributed by atoms with van der Waals surface area (Å²) in [5, 5.41) is 1.20. The summed E-state index contributed by atoms with van der Waals surface area (Å²) in [5.74, 6) is 1.14. The number of para-hydroxylation sites is 2. The van der Waals surface area contributed by atoms with Gasteiger partial charge in [-0.15, -0.1) is 11.3 Å². The number of piperidine rings is 1. The lowest BCUT2D eigenvalue weighted by Crippen LogP contribution is -2.38. The van der Waals surface area contributed by atoms with Crippen LogP contribution in [0.3, 0.4) is 0 Å². The summed E-state index contributed by atoms with van der Waals surface area (Å²) < 4.78 is 12.9. The third-order valence-corrected chi connectivity index (χ3v) is 7.21. The fourth-order valence-electron chi connectivity index (χ4n) is 4.29. The number of aromatic nitrogens is 1. The van der Waals surface area contributed by atoms with E-state index in [9.17, 15) is 4.79 Å². The van der Waals surface area contributed by atoms with Crippen molar-refractivity contribution >= 4 is 27.5 Å². The Bertz CT molecular complexity index is 987. The van der Waals surface area contributed by atoms with Gasteiger partial charge in [-0.3, -0.25) is 4.79 Å². The number of carbonyl (C=O) groups is 1. The SMILES string of the molecule is O=C(c1ccccc1OCC1CCCO1)N1CCC(c2nc3ccccc3s2)CC1. The highest BCUT2D eigenvalue weighted by Gasteiger charge is 2.28. The number of carbonyl (C=O) groups excluding carboxylic acids is 1. The Balaban J connectivity index is 1.23. The molecule has 2 fully saturated rings. The van der Waals surface area contributed by atoms with Crippen molar-refractivity contribution in [3.63, 3.8) is 0 Å². The smallest absolute Gasteiger partial charge is 0.257 e. The Hall–Kier alpha value is -2.44. The van der Waals surface area contributed by atoms with Crippen molar-refractivity contribution in [2.45, 2.75) is 37.7 Å². The van der Waals surface area contributed by atoms with Crippen molar-refractivity contribution in [2.24, 2.45) is 0 Å². The predicted octanol–water partition coefficient (Wildman–Crippen LogP) is 4.87. The van der Waals surface area contributed by atoms with E-state index >= 15 is 0 Å². The Morgan fingerprint density at radius 3 is 2.70 bits per heavy atom. The number of hydrogen-bond acceptors (Lipinski definition) is 5. The minimum Gasteiger partial charge on any atom is -0.490 e. The van der Waals surface area contributed by atoms with Gasteiger partial charge in [-0.25, -0.2) is 4.98 Å². The van der Waals surface area contributed by atoms with Gasteiger partial charge in [0.15, 0.2) is 0 Å². The standard InChI is InChI=1S/C24H26N2O3S/c27-24(19-7-1-3-9-21(19)29-16-18-6-5-15-28-18)26-13-11-17(12-14-26)23-25-20-8-2-4-10-22(20)30-23/h1-4,7-10,17-18H,5-6,11-16H2. The van der Waals surface area contributed by atoms with Gasteiger partial charge in [0.25, 0.3) is 5.91 Å². The lowest BCUT2D eigenvalue weighted by Gasteiger charge is -2.31. The molecule has 1 amide bonds. The first-order chi connectivity index (χ1) is 14.8. The van der Waals surface area contributed by atoms with Crippen LogP contribution in [0.2, 0.25) is 0 Å². The quantitative estimate of drug-likeness (QED) is 0.588. The van der Waals surface area contributed by atoms with Crippen LogP contribution in [0.4, 0.5) is 0 Å². The van der Waals surface area contributed by atoms with Gasteiger partial charge in [-0.05, 0) is 49.9 Å². The van der Waals surface area contributed by atoms with Crippen LogP contribution in [-0.2, 0) is 4.74 Å². The summed E-state index contributed by atoms with van der Waals surface area (Å²) in [6, 6.07) is 15.9. The molecular weight excluding hydrogens is 396 g/mol. The maximum atomic E-state index is 13.2. The molecule has 0 saturated carbocycles. The lowest BCUT2D eigenvalue weighted by molar-refractivity contribution is 0.0638. The molecule has 6 heteroatoms. The van der Waals surface area contributed by atoms with Crippen LogP contribution >= 0.6 is 11.3 Å². The van der Waals surface area contributed by atoms with Gasteiger partial charge in [-0.2, -0.15) is 0 Å². The molecular formula is C24H26N2O3S. The van der Waals surface area contributed by atoms with Gasteiger partial charge in [0, 0.05) is 25.6 Å². The van der Waals surface area contributed by atoms with E-state index in [4.69, 9.17) is 14.5 Å². The van der Waals surface area contributed by atoms with E-state index in [-0.39, 0.29) is 12.0 Å². The topological polar surface area (TPSA) is 51.7 Å². The summed E-state index contributed by atoms with van der Waals surface area (Å²) in [7, 11) is 0. The van der Waals surface area contributed by atoms with E-state index in [2.05, 4.69) is 18.2 Å². The van der Waals surface area contributed by atoms with E-state index in [1.165, 1.54) is 9.71 Å². The number of thiazole rings is 1. The van der Waals surface area contributed by atoms with Gasteiger partial charge in [0.2, 0.25) is 0 Å². The maximum absolute atomic E-state index is 13.2. The predicted molar refractivity (Wildman–Crippen MR) is 118 cm³/mol. The first-order valence-electron chi connectivity index (χ1n) is 10.8. The number of ether oxygens (including phenoxy) is 2. The second-order valence-electron chi connectivity index (χ2n) is 8.03. The number of rotatable bonds is 5. The fourth-order valence-corrected chi connectivity index (χ4v) is 5.43. The molecule has 0 spiro atoms. The third-order valence-electron chi connectivity index (χ3n) is 6.01. The molecule has 0 bridgehead atoms. The van der Waals surface area contributed by atoms with Crippen molar-refractivity contribution in [3.8, 4) is 5.75 Å². The van der Waals surface area contributed by atoms with E-state index in [0.717, 1.165) is 50.9 Å². The molecule has 0 radical (unpaired) electrons. The van der Waals surface area contributed by atoms with Crippen LogP contribution < -0.4 is 4.74 Å². The molecule has 0 N–H and O–H groups in total. The van der Waals surface area contributed by atoms with Crippen LogP contribution in [-0.4, -0.2) is 48.2 Å². The zero-order chi connectivity index (χ0) is 20.3. The number of amides is 1. The highest BCUT2D eigenvalue weighted by Crippen LogP contribution is 2.34. The number of nitrogens with zero attached hydrogens (tertiary/aromatic N) is 2. The first kappa shape index (κ1) is 19.5. The van der Waals surface area contributed by atoms with E-state index < -0.39 is 0 Å². The summed E-state index contributed by atoms with van der Waals surface area (Å²) >= 11 is 1.78. The van der Waals surface area contributed by atoms with Crippen molar-refractivity contribution in [1.29, 1.82) is 0 Å². The molecule has 2 saturated heterocycles. The van der Waals surface area contributed by atoms with Crippen LogP contribution in [0, 0.1) is 0 Å². The molecule has 2 aliphatic heterocycles. The maximum Gasteiger partial charge on any atom is 0.257 e. The van der Waals surface area contributed by atoms with E-state index in [1.54, 1.807) is 11.3 Å². The van der Waals surface area contributed by atoms with Crippen LogP contribution in [0.25, 0.3) is 10.2 Å². The average molecular weight is 423 g/mol. The van der Waals surface area contributed by atoms with Crippen LogP contribution in [0.15, 0.2) is 48.5 Å². The summed E-state index contributed by atoms with van der Waals surface area (Å²) in [4.78, 5) is 20.0. The minimum atomic E-state index is 0.0562. The molecule has 0 aliphatic carbocycles. The van der Waals surface area contributed by atoms with Crippen LogP contribution in [0.1, 0.15) is 47.0 Å². The van der Waals surface area contributed by atoms with Crippen LogP contribution in [0.5, 0.6) is 5.75 Å². The minimum absolute atomic E-state index is 0.0562. The highest BCUT2D eigenvalue weighted by molar-refractivity contribution is 7.18. The van der Waals surface area contributed by atoms with Crippen molar-refractivity contribution < 1.29 is 14.3 Å². The largest absolute Gasteiger partial charge is 0.490 e. The molecule has 2 aromatic carbocycles. The van der Waals surface area contributed by atoms with Gasteiger partial charge in [0.05, 0.1) is 26.9 Å². The number of hydrogen-bond donors (Lipinski definition) is 0. The molecule has 2 aliphatic rings. The molecule has 5 nitrogen and oxygen atoms in total. The second kappa shape index (κ2) is 8.74. The van der Waals surface area contributed by atoms with Gasteiger partial charge >= 0.3 is 0 Å². The lowest BCUT2D eigenvalue weighted by atomic mass is 9.97. The normalized spacial score (nSPS) is 20.0. The molecule has 156 valence electrons. The molecule has 30 heavy (non-hydrogen) atoms. The Kier molecular flexibility index (Phi) is 5.69. The number of likely N-dealkylation sites (tertiary alicyclic amines) is 1. The molecule has 3 heterocycles. The van der Waals surface area contributed by atoms with E-state index in [0.29, 0.717) is 23.8 Å². The fraction of sp³-hybridized carbons (Fsp3) is 0.417. The zero-order valence-electron chi connectivity index (χ0n) is 17.0. The highest BCUT2D eigenvalue weighted by atomic mass is 32.1. The van der Waals surface area contributed by atoms with Gasteiger partial charge in [-0.1, -0.05) is 24.3 Å². The summed E-state index contributed by atoms with van der Waals surface area (Å²) in [6.45, 7) is 2.81. The molecule has 1 aromatic heterocycles. The number of fused-ring (bicyclic) bond motifs is 1. The molecule has 1 atom stereocenters. The van der Waals surface area contributed by atoms with E-state index in [1.807, 2.05) is 35.2 Å². The molecule has 5 rings (SSSR count). The Morgan fingerprint density at radius 2 is 1.90 bits per heavy atom. The monoisotopic (exact) mass is 422 g/mol. The molecule has 3 aromatic rings. The average Bonchev–Trinajstić information content (AvgIpc) is 3.47. The third kappa shape index (κ3) is 4.07. The van der Waals surface area contributed by atoms with Crippen molar-refractivity contribution in [3.05, 3.63) is 59.1 Å². The van der Waals surface area contributed by atoms with Crippen molar-refractivity contribution in [2.75, 3.05) is 26.3 Å². The Morgan fingerprint density at radius 1 is 1.10 bits per heavy atom. The molecule has 1 unspecified atom stereocenters. The second-order valence-corrected chi connectivity index (χ2v) is 9.09. The number of benzene rings is 2.